The highest BCUT2D eigenvalue weighted by Crippen LogP contribution is 2.46. The van der Waals surface area contributed by atoms with Gasteiger partial charge in [0, 0.05) is 11.4 Å². The third-order valence-corrected chi connectivity index (χ3v) is 4.86. The Hall–Kier alpha value is -1.20. The molecule has 23 heavy (non-hydrogen) atoms. The third-order valence-electron chi connectivity index (χ3n) is 4.86. The molecule has 0 aromatic heterocycles. The van der Waals surface area contributed by atoms with Gasteiger partial charge in [0.25, 0.3) is 6.08 Å². The van der Waals surface area contributed by atoms with Gasteiger partial charge in [-0.1, -0.05) is 43.7 Å². The normalized spacial score (nSPS) is 20.4. The first kappa shape index (κ1) is 18.1. The fourth-order valence-electron chi connectivity index (χ4n) is 2.86. The summed E-state index contributed by atoms with van der Waals surface area (Å²) in [6.45, 7) is 9.74. The Bertz CT molecular complexity index is 550. The fourth-order valence-corrected chi connectivity index (χ4v) is 2.86. The zero-order chi connectivity index (χ0) is 17.3. The van der Waals surface area contributed by atoms with Crippen molar-refractivity contribution in [3.05, 3.63) is 42.0 Å². The van der Waals surface area contributed by atoms with E-state index in [-0.39, 0.29) is 5.57 Å². The van der Waals surface area contributed by atoms with E-state index in [2.05, 4.69) is 0 Å². The second-order valence-corrected chi connectivity index (χ2v) is 7.06. The molecule has 1 atom stereocenters. The molecule has 0 radical (unpaired) electrons. The Kier molecular flexibility index (Phi) is 5.32. The second-order valence-electron chi connectivity index (χ2n) is 7.06. The van der Waals surface area contributed by atoms with Gasteiger partial charge < -0.3 is 9.31 Å². The lowest BCUT2D eigenvalue weighted by atomic mass is 9.64. The van der Waals surface area contributed by atoms with E-state index in [1.807, 2.05) is 40.7 Å². The summed E-state index contributed by atoms with van der Waals surface area (Å²) in [5.41, 5.74) is -0.497. The van der Waals surface area contributed by atoms with Gasteiger partial charge in [-0.2, -0.15) is 8.78 Å². The summed E-state index contributed by atoms with van der Waals surface area (Å²) in [4.78, 5) is 0. The lowest BCUT2D eigenvalue weighted by Gasteiger charge is -2.32. The number of allylic oxidation sites excluding steroid dienone is 1. The monoisotopic (exact) mass is 322 g/mol. The van der Waals surface area contributed by atoms with Gasteiger partial charge in [-0.15, -0.1) is 0 Å². The van der Waals surface area contributed by atoms with Gasteiger partial charge >= 0.3 is 7.12 Å². The lowest BCUT2D eigenvalue weighted by molar-refractivity contribution is 0.00578. The highest BCUT2D eigenvalue weighted by Gasteiger charge is 2.54. The van der Waals surface area contributed by atoms with E-state index in [9.17, 15) is 8.78 Å². The highest BCUT2D eigenvalue weighted by molar-refractivity contribution is 6.50. The van der Waals surface area contributed by atoms with Crippen molar-refractivity contribution < 1.29 is 18.1 Å². The van der Waals surface area contributed by atoms with Crippen LogP contribution in [0.3, 0.4) is 0 Å². The van der Waals surface area contributed by atoms with Gasteiger partial charge in [-0.3, -0.25) is 0 Å². The van der Waals surface area contributed by atoms with Crippen LogP contribution in [0.15, 0.2) is 36.4 Å². The van der Waals surface area contributed by atoms with E-state index in [4.69, 9.17) is 9.31 Å². The first-order valence-corrected chi connectivity index (χ1v) is 8.16. The molecule has 2 rings (SSSR count). The number of benzene rings is 1. The van der Waals surface area contributed by atoms with Crippen LogP contribution in [0.1, 0.15) is 53.0 Å². The van der Waals surface area contributed by atoms with Crippen molar-refractivity contribution in [2.45, 2.75) is 64.5 Å². The summed E-state index contributed by atoms with van der Waals surface area (Å²) in [6, 6.07) is 8.78. The molecule has 0 saturated carbocycles. The highest BCUT2D eigenvalue weighted by atomic mass is 19.3. The summed E-state index contributed by atoms with van der Waals surface area (Å²) in [5.74, 6) is -0.492. The fraction of sp³-hybridized carbons (Fsp3) is 0.556. The minimum Gasteiger partial charge on any atom is -0.403 e. The van der Waals surface area contributed by atoms with Crippen LogP contribution < -0.4 is 0 Å². The molecule has 0 aliphatic carbocycles. The van der Waals surface area contributed by atoms with Crippen molar-refractivity contribution in [3.63, 3.8) is 0 Å². The smallest absolute Gasteiger partial charge is 0.403 e. The van der Waals surface area contributed by atoms with Crippen molar-refractivity contribution in [1.29, 1.82) is 0 Å². The molecule has 1 aliphatic rings. The molecule has 1 aliphatic heterocycles. The van der Waals surface area contributed by atoms with Gasteiger partial charge in [-0.25, -0.2) is 0 Å². The molecule has 0 spiro atoms. The second kappa shape index (κ2) is 6.74. The summed E-state index contributed by atoms with van der Waals surface area (Å²) < 4.78 is 39.6. The molecule has 1 aromatic carbocycles. The van der Waals surface area contributed by atoms with E-state index in [1.165, 1.54) is 0 Å². The van der Waals surface area contributed by atoms with Crippen LogP contribution in [0.4, 0.5) is 8.78 Å². The minimum absolute atomic E-state index is 0.0333. The lowest BCUT2D eigenvalue weighted by Crippen LogP contribution is -2.41. The Morgan fingerprint density at radius 1 is 1.04 bits per heavy atom. The van der Waals surface area contributed by atoms with Crippen LogP contribution in [0.25, 0.3) is 5.57 Å². The average molecular weight is 322 g/mol. The summed E-state index contributed by atoms with van der Waals surface area (Å²) in [7, 11) is -0.670. The van der Waals surface area contributed by atoms with Gasteiger partial charge in [-0.05, 0) is 39.7 Å². The van der Waals surface area contributed by atoms with Crippen LogP contribution in [0, 0.1) is 0 Å². The van der Waals surface area contributed by atoms with E-state index in [0.717, 1.165) is 6.42 Å². The molecule has 1 heterocycles. The zero-order valence-corrected chi connectivity index (χ0v) is 14.5. The van der Waals surface area contributed by atoms with Gasteiger partial charge in [0.05, 0.1) is 11.2 Å². The topological polar surface area (TPSA) is 18.5 Å². The maximum Gasteiger partial charge on any atom is 0.466 e. The van der Waals surface area contributed by atoms with Gasteiger partial charge in [0.2, 0.25) is 0 Å². The van der Waals surface area contributed by atoms with Crippen molar-refractivity contribution in [2.75, 3.05) is 0 Å². The SMILES string of the molecule is CCCC(B1OC(C)(C)C(C)(C)O1)C(=C(F)F)c1ccccc1. The van der Waals surface area contributed by atoms with Gasteiger partial charge in [0.1, 0.15) is 0 Å². The number of rotatable bonds is 5. The molecule has 5 heteroatoms. The van der Waals surface area contributed by atoms with Crippen LogP contribution in [-0.4, -0.2) is 18.3 Å². The van der Waals surface area contributed by atoms with Crippen LogP contribution >= 0.6 is 0 Å². The summed E-state index contributed by atoms with van der Waals surface area (Å²) in [5, 5.41) is 0. The molecule has 126 valence electrons. The van der Waals surface area contributed by atoms with Crippen molar-refractivity contribution in [1.82, 2.24) is 0 Å². The minimum atomic E-state index is -1.66. The Morgan fingerprint density at radius 2 is 1.57 bits per heavy atom. The number of hydrogen-bond donors (Lipinski definition) is 0. The standard InChI is InChI=1S/C18H25BF2O2/c1-6-10-14(19-22-17(2,3)18(4,5)23-19)15(16(20)21)13-11-8-7-9-12-13/h7-9,11-12,14H,6,10H2,1-5H3. The predicted molar refractivity (Wildman–Crippen MR) is 90.3 cm³/mol. The first-order chi connectivity index (χ1) is 10.7. The van der Waals surface area contributed by atoms with Crippen LogP contribution in [0.2, 0.25) is 5.82 Å². The maximum atomic E-state index is 13.8. The van der Waals surface area contributed by atoms with Crippen LogP contribution in [0.5, 0.6) is 0 Å². The quantitative estimate of drug-likeness (QED) is 0.661. The molecule has 1 saturated heterocycles. The van der Waals surface area contributed by atoms with Crippen molar-refractivity contribution in [2.24, 2.45) is 0 Å². The zero-order valence-electron chi connectivity index (χ0n) is 14.5. The molecule has 0 N–H and O–H groups in total. The molecule has 1 aromatic rings. The van der Waals surface area contributed by atoms with Crippen molar-refractivity contribution in [3.8, 4) is 0 Å². The maximum absolute atomic E-state index is 13.8. The number of halogens is 2. The molecule has 2 nitrogen and oxygen atoms in total. The van der Waals surface area contributed by atoms with Gasteiger partial charge in [0.15, 0.2) is 0 Å². The molecular formula is C18H25BF2O2. The third kappa shape index (κ3) is 3.66. The van der Waals surface area contributed by atoms with Crippen LogP contribution in [-0.2, 0) is 9.31 Å². The molecule has 0 bridgehead atoms. The van der Waals surface area contributed by atoms with E-state index >= 15 is 0 Å². The number of hydrogen-bond acceptors (Lipinski definition) is 2. The molecule has 1 fully saturated rings. The van der Waals surface area contributed by atoms with E-state index in [1.54, 1.807) is 24.3 Å². The predicted octanol–water partition coefficient (Wildman–Crippen LogP) is 5.56. The van der Waals surface area contributed by atoms with E-state index < -0.39 is 30.2 Å². The Morgan fingerprint density at radius 3 is 2.00 bits per heavy atom. The van der Waals surface area contributed by atoms with E-state index in [0.29, 0.717) is 12.0 Å². The summed E-state index contributed by atoms with van der Waals surface area (Å²) >= 11 is 0. The average Bonchev–Trinajstić information content (AvgIpc) is 2.67. The molecule has 1 unspecified atom stereocenters. The molecular weight excluding hydrogens is 297 g/mol. The molecule has 0 amide bonds. The largest absolute Gasteiger partial charge is 0.466 e. The first-order valence-electron chi connectivity index (χ1n) is 8.16. The Balaban J connectivity index is 2.40. The Labute approximate surface area is 138 Å². The van der Waals surface area contributed by atoms with Crippen molar-refractivity contribution >= 4 is 12.7 Å². The summed E-state index contributed by atoms with van der Waals surface area (Å²) in [6.07, 6.45) is -0.305.